The van der Waals surface area contributed by atoms with Crippen molar-refractivity contribution in [2.24, 2.45) is 35.5 Å². The number of rotatable bonds is 4. The first-order chi connectivity index (χ1) is 15.4. The molecule has 32 heavy (non-hydrogen) atoms. The molecule has 3 fully saturated rings. The number of anilines is 2. The van der Waals surface area contributed by atoms with Crippen LogP contribution < -0.4 is 10.2 Å². The van der Waals surface area contributed by atoms with Crippen LogP contribution in [0.1, 0.15) is 16.8 Å². The van der Waals surface area contributed by atoms with Gasteiger partial charge in [0.05, 0.1) is 22.4 Å². The summed E-state index contributed by atoms with van der Waals surface area (Å²) in [4.78, 5) is 50.8. The summed E-state index contributed by atoms with van der Waals surface area (Å²) in [5.74, 6) is -0.00760. The molecule has 0 aromatic heterocycles. The smallest absolute Gasteiger partial charge is 0.269 e. The van der Waals surface area contributed by atoms with Crippen LogP contribution in [0.5, 0.6) is 0 Å². The first kappa shape index (κ1) is 18.9. The van der Waals surface area contributed by atoms with Gasteiger partial charge in [0.15, 0.2) is 0 Å². The van der Waals surface area contributed by atoms with E-state index >= 15 is 0 Å². The number of nitrogens with zero attached hydrogens (tertiary/aromatic N) is 2. The molecule has 6 atom stereocenters. The fourth-order valence-electron chi connectivity index (χ4n) is 5.87. The van der Waals surface area contributed by atoms with Crippen molar-refractivity contribution in [3.05, 3.63) is 76.4 Å². The molecule has 1 saturated heterocycles. The lowest BCUT2D eigenvalue weighted by Gasteiger charge is -2.37. The second-order valence-corrected chi connectivity index (χ2v) is 8.97. The van der Waals surface area contributed by atoms with Gasteiger partial charge in [-0.05, 0) is 60.4 Å². The standard InChI is InChI=1S/C24H19N3O5/c28-22(25-13-4-6-14(7-5-13)27(31)32)12-2-1-3-15(10-12)26-23(29)20-16-8-9-17(19-11-18(16)19)21(20)24(26)30/h1-10,16-21H,11H2,(H,25,28)/t16-,17-,18-,19+,20+,21+/m0/s1. The molecule has 2 aromatic carbocycles. The van der Waals surface area contributed by atoms with E-state index in [4.69, 9.17) is 0 Å². The maximum absolute atomic E-state index is 13.3. The number of imide groups is 1. The van der Waals surface area contributed by atoms with Crippen LogP contribution in [0.4, 0.5) is 17.1 Å². The van der Waals surface area contributed by atoms with Crippen LogP contribution in [0, 0.1) is 45.6 Å². The maximum atomic E-state index is 13.3. The van der Waals surface area contributed by atoms with Crippen molar-refractivity contribution in [2.45, 2.75) is 6.42 Å². The molecule has 8 nitrogen and oxygen atoms in total. The number of nitrogens with one attached hydrogen (secondary N) is 1. The summed E-state index contributed by atoms with van der Waals surface area (Å²) >= 11 is 0. The van der Waals surface area contributed by atoms with Gasteiger partial charge in [0.2, 0.25) is 11.8 Å². The van der Waals surface area contributed by atoms with Gasteiger partial charge in [-0.3, -0.25) is 24.5 Å². The van der Waals surface area contributed by atoms with E-state index in [1.54, 1.807) is 24.3 Å². The van der Waals surface area contributed by atoms with Gasteiger partial charge in [-0.15, -0.1) is 0 Å². The summed E-state index contributed by atoms with van der Waals surface area (Å²) in [6.07, 6.45) is 5.36. The van der Waals surface area contributed by atoms with Gasteiger partial charge in [-0.25, -0.2) is 4.90 Å². The largest absolute Gasteiger partial charge is 0.322 e. The van der Waals surface area contributed by atoms with Crippen LogP contribution in [-0.4, -0.2) is 22.6 Å². The maximum Gasteiger partial charge on any atom is 0.269 e. The zero-order valence-electron chi connectivity index (χ0n) is 16.9. The van der Waals surface area contributed by atoms with Crippen molar-refractivity contribution in [1.29, 1.82) is 0 Å². The first-order valence-electron chi connectivity index (χ1n) is 10.7. The molecule has 8 heteroatoms. The minimum atomic E-state index is -0.512. The third-order valence-electron chi connectivity index (χ3n) is 7.37. The Kier molecular flexibility index (Phi) is 3.90. The Balaban J connectivity index is 1.25. The Bertz CT molecular complexity index is 1180. The Hall–Kier alpha value is -3.81. The summed E-state index contributed by atoms with van der Waals surface area (Å²) in [6.45, 7) is 0. The fraction of sp³-hybridized carbons (Fsp3) is 0.292. The number of amides is 3. The molecule has 1 heterocycles. The lowest BCUT2D eigenvalue weighted by Crippen LogP contribution is -2.40. The van der Waals surface area contributed by atoms with Crippen LogP contribution in [0.25, 0.3) is 0 Å². The van der Waals surface area contributed by atoms with Gasteiger partial charge >= 0.3 is 0 Å². The lowest BCUT2D eigenvalue weighted by molar-refractivity contribution is -0.384. The fourth-order valence-corrected chi connectivity index (χ4v) is 5.87. The third-order valence-corrected chi connectivity index (χ3v) is 7.37. The number of carbonyl (C=O) groups excluding carboxylic acids is 3. The molecule has 0 spiro atoms. The van der Waals surface area contributed by atoms with E-state index < -0.39 is 10.8 Å². The third kappa shape index (κ3) is 2.65. The molecular formula is C24H19N3O5. The molecule has 2 saturated carbocycles. The molecule has 0 radical (unpaired) electrons. The molecule has 1 aliphatic heterocycles. The molecule has 4 aliphatic carbocycles. The number of nitro groups is 1. The van der Waals surface area contributed by atoms with Gasteiger partial charge in [0, 0.05) is 23.4 Å². The van der Waals surface area contributed by atoms with Crippen LogP contribution in [0.3, 0.4) is 0 Å². The number of nitro benzene ring substituents is 1. The Morgan fingerprint density at radius 1 is 0.969 bits per heavy atom. The van der Waals surface area contributed by atoms with Gasteiger partial charge in [0.1, 0.15) is 0 Å². The van der Waals surface area contributed by atoms with Gasteiger partial charge < -0.3 is 5.32 Å². The number of hydrogen-bond acceptors (Lipinski definition) is 5. The Morgan fingerprint density at radius 2 is 1.59 bits per heavy atom. The van der Waals surface area contributed by atoms with Crippen LogP contribution in [0.15, 0.2) is 60.7 Å². The molecule has 1 N–H and O–H groups in total. The van der Waals surface area contributed by atoms with E-state index in [1.807, 2.05) is 0 Å². The topological polar surface area (TPSA) is 110 Å². The number of allylic oxidation sites excluding steroid dienone is 2. The van der Waals surface area contributed by atoms with Crippen molar-refractivity contribution < 1.29 is 19.3 Å². The summed E-state index contributed by atoms with van der Waals surface area (Å²) in [6, 6.07) is 12.0. The molecule has 2 bridgehead atoms. The highest BCUT2D eigenvalue weighted by Crippen LogP contribution is 2.65. The number of carbonyl (C=O) groups is 3. The zero-order valence-corrected chi connectivity index (χ0v) is 16.9. The summed E-state index contributed by atoms with van der Waals surface area (Å²) in [5.41, 5.74) is 1.03. The minimum absolute atomic E-state index is 0.0707. The van der Waals surface area contributed by atoms with E-state index in [9.17, 15) is 24.5 Å². The molecule has 2 aromatic rings. The Morgan fingerprint density at radius 3 is 2.19 bits per heavy atom. The second kappa shape index (κ2) is 6.59. The van der Waals surface area contributed by atoms with Crippen molar-refractivity contribution in [3.63, 3.8) is 0 Å². The highest BCUT2D eigenvalue weighted by atomic mass is 16.6. The highest BCUT2D eigenvalue weighted by molar-refractivity contribution is 6.23. The average molecular weight is 429 g/mol. The Labute approximate surface area is 183 Å². The molecule has 5 aliphatic rings. The van der Waals surface area contributed by atoms with E-state index in [0.717, 1.165) is 6.42 Å². The van der Waals surface area contributed by atoms with Crippen LogP contribution >= 0.6 is 0 Å². The van der Waals surface area contributed by atoms with Crippen molar-refractivity contribution in [1.82, 2.24) is 0 Å². The van der Waals surface area contributed by atoms with Crippen LogP contribution in [0.2, 0.25) is 0 Å². The predicted octanol–water partition coefficient (Wildman–Crippen LogP) is 3.40. The van der Waals surface area contributed by atoms with E-state index in [1.165, 1.54) is 29.2 Å². The zero-order chi connectivity index (χ0) is 22.1. The molecule has 0 unspecified atom stereocenters. The number of benzene rings is 2. The summed E-state index contributed by atoms with van der Waals surface area (Å²) in [5, 5.41) is 13.5. The minimum Gasteiger partial charge on any atom is -0.322 e. The van der Waals surface area contributed by atoms with E-state index in [-0.39, 0.29) is 41.2 Å². The lowest BCUT2D eigenvalue weighted by atomic mass is 9.63. The quantitative estimate of drug-likeness (QED) is 0.347. The van der Waals surface area contributed by atoms with Crippen molar-refractivity contribution in [3.8, 4) is 0 Å². The molecule has 3 amide bonds. The van der Waals surface area contributed by atoms with Gasteiger partial charge in [-0.2, -0.15) is 0 Å². The van der Waals surface area contributed by atoms with Crippen molar-refractivity contribution in [2.75, 3.05) is 10.2 Å². The summed E-state index contributed by atoms with van der Waals surface area (Å²) < 4.78 is 0. The first-order valence-corrected chi connectivity index (χ1v) is 10.7. The van der Waals surface area contributed by atoms with Crippen molar-refractivity contribution >= 4 is 34.8 Å². The second-order valence-electron chi connectivity index (χ2n) is 8.97. The molecular weight excluding hydrogens is 410 g/mol. The van der Waals surface area contributed by atoms with E-state index in [0.29, 0.717) is 28.8 Å². The molecule has 160 valence electrons. The predicted molar refractivity (Wildman–Crippen MR) is 115 cm³/mol. The van der Waals surface area contributed by atoms with Crippen LogP contribution in [-0.2, 0) is 9.59 Å². The number of non-ortho nitro benzene ring substituents is 1. The SMILES string of the molecule is O=C(Nc1ccc([N+](=O)[O-])cc1)c1cccc(N2C(=O)[C@@H]3[C@H]4C=C[C@@H]([C@@H]5C[C@H]45)[C@H]3C2=O)c1. The van der Waals surface area contributed by atoms with E-state index in [2.05, 4.69) is 17.5 Å². The number of hydrogen-bond donors (Lipinski definition) is 1. The van der Waals surface area contributed by atoms with Gasteiger partial charge in [-0.1, -0.05) is 18.2 Å². The highest BCUT2D eigenvalue weighted by Gasteiger charge is 2.67. The normalized spacial score (nSPS) is 31.3. The van der Waals surface area contributed by atoms with Gasteiger partial charge in [0.25, 0.3) is 11.6 Å². The molecule has 7 rings (SSSR count). The average Bonchev–Trinajstić information content (AvgIpc) is 3.57. The monoisotopic (exact) mass is 429 g/mol. The summed E-state index contributed by atoms with van der Waals surface area (Å²) in [7, 11) is 0.